The van der Waals surface area contributed by atoms with Crippen LogP contribution in [0.3, 0.4) is 0 Å². The van der Waals surface area contributed by atoms with E-state index in [4.69, 9.17) is 4.74 Å². The number of hydrogen-bond acceptors (Lipinski definition) is 3. The number of benzene rings is 1. The number of methoxy groups -OCH3 is 1. The summed E-state index contributed by atoms with van der Waals surface area (Å²) < 4.78 is 33.9. The molecule has 94 valence electrons. The van der Waals surface area contributed by atoms with Gasteiger partial charge in [0.05, 0.1) is 7.11 Å². The number of Topliss-reactive ketones (excluding diaryl/α,β-unsaturated/α-hetero) is 1. The topological polar surface area (TPSA) is 35.5 Å². The second-order valence-electron chi connectivity index (χ2n) is 3.53. The predicted octanol–water partition coefficient (Wildman–Crippen LogP) is 2.82. The number of aryl methyl sites for hydroxylation is 1. The van der Waals surface area contributed by atoms with E-state index in [0.29, 0.717) is 12.0 Å². The van der Waals surface area contributed by atoms with Gasteiger partial charge in [0.25, 0.3) is 0 Å². The second-order valence-corrected chi connectivity index (χ2v) is 3.53. The summed E-state index contributed by atoms with van der Waals surface area (Å²) in [4.78, 5) is 10.9. The summed E-state index contributed by atoms with van der Waals surface area (Å²) in [6.07, 6.45) is 0.640. The van der Waals surface area contributed by atoms with Crippen LogP contribution in [-0.2, 0) is 11.2 Å². The molecule has 1 rings (SSSR count). The summed E-state index contributed by atoms with van der Waals surface area (Å²) in [6.45, 7) is -1.46. The molecule has 3 nitrogen and oxygen atoms in total. The Labute approximate surface area is 98.3 Å². The highest BCUT2D eigenvalue weighted by molar-refractivity contribution is 5.75. The van der Waals surface area contributed by atoms with Crippen LogP contribution in [0, 0.1) is 0 Å². The van der Waals surface area contributed by atoms with Crippen LogP contribution in [0.5, 0.6) is 11.5 Å². The van der Waals surface area contributed by atoms with E-state index in [9.17, 15) is 13.6 Å². The molecule has 1 aromatic carbocycles. The van der Waals surface area contributed by atoms with Gasteiger partial charge in [0.1, 0.15) is 5.78 Å². The standard InChI is InChI=1S/C12H14F2O3/c1-8(15)6-7-9-4-3-5-10(16-2)11(9)17-12(13)14/h3-5,12H,6-7H2,1-2H3. The van der Waals surface area contributed by atoms with Gasteiger partial charge in [-0.2, -0.15) is 8.78 Å². The van der Waals surface area contributed by atoms with E-state index in [1.807, 2.05) is 0 Å². The maximum Gasteiger partial charge on any atom is 0.387 e. The molecule has 0 saturated heterocycles. The third kappa shape index (κ3) is 4.01. The Morgan fingerprint density at radius 1 is 1.41 bits per heavy atom. The van der Waals surface area contributed by atoms with Gasteiger partial charge in [0.15, 0.2) is 11.5 Å². The molecule has 0 saturated carbocycles. The van der Waals surface area contributed by atoms with Gasteiger partial charge in [-0.1, -0.05) is 12.1 Å². The van der Waals surface area contributed by atoms with Crippen LogP contribution < -0.4 is 9.47 Å². The van der Waals surface area contributed by atoms with Crippen molar-refractivity contribution >= 4 is 5.78 Å². The lowest BCUT2D eigenvalue weighted by molar-refractivity contribution is -0.116. The molecule has 0 bridgehead atoms. The number of ketones is 1. The summed E-state index contributed by atoms with van der Waals surface area (Å²) in [5.74, 6) is 0.244. The van der Waals surface area contributed by atoms with E-state index in [1.54, 1.807) is 12.1 Å². The zero-order valence-corrected chi connectivity index (χ0v) is 9.70. The highest BCUT2D eigenvalue weighted by Gasteiger charge is 2.15. The zero-order chi connectivity index (χ0) is 12.8. The molecule has 0 atom stereocenters. The first-order valence-electron chi connectivity index (χ1n) is 5.14. The smallest absolute Gasteiger partial charge is 0.387 e. The molecule has 0 aliphatic rings. The van der Waals surface area contributed by atoms with E-state index in [-0.39, 0.29) is 23.7 Å². The van der Waals surface area contributed by atoms with Crippen molar-refractivity contribution in [2.24, 2.45) is 0 Å². The van der Waals surface area contributed by atoms with Gasteiger partial charge in [0, 0.05) is 6.42 Å². The number of rotatable bonds is 6. The maximum atomic E-state index is 12.3. The second kappa shape index (κ2) is 6.18. The lowest BCUT2D eigenvalue weighted by atomic mass is 10.1. The van der Waals surface area contributed by atoms with E-state index in [0.717, 1.165) is 0 Å². The van der Waals surface area contributed by atoms with Crippen molar-refractivity contribution < 1.29 is 23.0 Å². The van der Waals surface area contributed by atoms with Gasteiger partial charge >= 0.3 is 6.61 Å². The van der Waals surface area contributed by atoms with E-state index >= 15 is 0 Å². The van der Waals surface area contributed by atoms with E-state index in [2.05, 4.69) is 4.74 Å². The van der Waals surface area contributed by atoms with Gasteiger partial charge in [0.2, 0.25) is 0 Å². The molecule has 5 heteroatoms. The minimum Gasteiger partial charge on any atom is -0.493 e. The number of ether oxygens (including phenoxy) is 2. The molecule has 0 fully saturated rings. The Bertz CT molecular complexity index is 391. The van der Waals surface area contributed by atoms with Crippen LogP contribution in [0.2, 0.25) is 0 Å². The Balaban J connectivity index is 2.96. The third-order valence-electron chi connectivity index (χ3n) is 2.23. The monoisotopic (exact) mass is 244 g/mol. The molecule has 0 aliphatic heterocycles. The van der Waals surface area contributed by atoms with Gasteiger partial charge in [-0.05, 0) is 25.0 Å². The molecule has 0 amide bonds. The molecule has 0 spiro atoms. The van der Waals surface area contributed by atoms with Crippen molar-refractivity contribution in [1.29, 1.82) is 0 Å². The van der Waals surface area contributed by atoms with E-state index in [1.165, 1.54) is 20.1 Å². The van der Waals surface area contributed by atoms with Gasteiger partial charge < -0.3 is 14.3 Å². The molecule has 0 unspecified atom stereocenters. The molecular formula is C12H14F2O3. The number of halogens is 2. The largest absolute Gasteiger partial charge is 0.493 e. The number of hydrogen-bond donors (Lipinski definition) is 0. The molecule has 1 aromatic rings. The average molecular weight is 244 g/mol. The number of carbonyl (C=O) groups excluding carboxylic acids is 1. The SMILES string of the molecule is COc1cccc(CCC(C)=O)c1OC(F)F. The average Bonchev–Trinajstić information content (AvgIpc) is 2.26. The van der Waals surface area contributed by atoms with Crippen LogP contribution in [0.25, 0.3) is 0 Å². The Morgan fingerprint density at radius 3 is 2.65 bits per heavy atom. The van der Waals surface area contributed by atoms with Crippen LogP contribution in [0.15, 0.2) is 18.2 Å². The molecular weight excluding hydrogens is 230 g/mol. The van der Waals surface area contributed by atoms with Crippen molar-refractivity contribution in [2.45, 2.75) is 26.4 Å². The van der Waals surface area contributed by atoms with Crippen molar-refractivity contribution in [3.05, 3.63) is 23.8 Å². The molecule has 0 radical (unpaired) electrons. The van der Waals surface area contributed by atoms with Gasteiger partial charge in [-0.25, -0.2) is 0 Å². The fraction of sp³-hybridized carbons (Fsp3) is 0.417. The van der Waals surface area contributed by atoms with Crippen molar-refractivity contribution in [1.82, 2.24) is 0 Å². The quantitative estimate of drug-likeness (QED) is 0.771. The summed E-state index contributed by atoms with van der Waals surface area (Å²) in [7, 11) is 1.38. The first kappa shape index (κ1) is 13.4. The Morgan fingerprint density at radius 2 is 2.12 bits per heavy atom. The maximum absolute atomic E-state index is 12.3. The van der Waals surface area contributed by atoms with Crippen molar-refractivity contribution in [2.75, 3.05) is 7.11 Å². The molecule has 0 aromatic heterocycles. The summed E-state index contributed by atoms with van der Waals surface area (Å²) in [5, 5.41) is 0. The normalized spacial score (nSPS) is 10.4. The van der Waals surface area contributed by atoms with Gasteiger partial charge in [-0.15, -0.1) is 0 Å². The molecule has 17 heavy (non-hydrogen) atoms. The van der Waals surface area contributed by atoms with Crippen LogP contribution >= 0.6 is 0 Å². The molecule has 0 N–H and O–H groups in total. The van der Waals surface area contributed by atoms with E-state index < -0.39 is 6.61 Å². The van der Waals surface area contributed by atoms with Crippen LogP contribution in [0.4, 0.5) is 8.78 Å². The molecule has 0 heterocycles. The van der Waals surface area contributed by atoms with Crippen LogP contribution in [0.1, 0.15) is 18.9 Å². The minimum absolute atomic E-state index is 0.00387. The molecule has 0 aliphatic carbocycles. The first-order chi connectivity index (χ1) is 8.04. The van der Waals surface area contributed by atoms with Crippen molar-refractivity contribution in [3.63, 3.8) is 0 Å². The minimum atomic E-state index is -2.91. The first-order valence-corrected chi connectivity index (χ1v) is 5.14. The predicted molar refractivity (Wildman–Crippen MR) is 58.6 cm³/mol. The Kier molecular flexibility index (Phi) is 4.87. The van der Waals surface area contributed by atoms with Crippen molar-refractivity contribution in [3.8, 4) is 11.5 Å². The summed E-state index contributed by atoms with van der Waals surface area (Å²) in [6, 6.07) is 4.85. The highest BCUT2D eigenvalue weighted by Crippen LogP contribution is 2.33. The summed E-state index contributed by atoms with van der Waals surface area (Å²) >= 11 is 0. The fourth-order valence-electron chi connectivity index (χ4n) is 1.45. The van der Waals surface area contributed by atoms with Crippen LogP contribution in [-0.4, -0.2) is 19.5 Å². The third-order valence-corrected chi connectivity index (χ3v) is 2.23. The number of para-hydroxylation sites is 1. The fourth-order valence-corrected chi connectivity index (χ4v) is 1.45. The Hall–Kier alpha value is -1.65. The van der Waals surface area contributed by atoms with Gasteiger partial charge in [-0.3, -0.25) is 0 Å². The number of alkyl halides is 2. The summed E-state index contributed by atoms with van der Waals surface area (Å²) in [5.41, 5.74) is 0.542. The lowest BCUT2D eigenvalue weighted by Crippen LogP contribution is -2.07. The highest BCUT2D eigenvalue weighted by atomic mass is 19.3. The lowest BCUT2D eigenvalue weighted by Gasteiger charge is -2.13. The number of carbonyl (C=O) groups is 1. The zero-order valence-electron chi connectivity index (χ0n) is 9.70.